The Morgan fingerprint density at radius 2 is 1.86 bits per heavy atom. The smallest absolute Gasteiger partial charge is 0.268 e. The molecule has 190 valence electrons. The Hall–Kier alpha value is -2.94. The Morgan fingerprint density at radius 3 is 2.58 bits per heavy atom. The first-order chi connectivity index (χ1) is 17.5. The molecule has 2 aromatic heterocycles. The van der Waals surface area contributed by atoms with Crippen molar-refractivity contribution >= 4 is 34.3 Å². The largest absolute Gasteiger partial charge is 0.351 e. The highest BCUT2D eigenvalue weighted by molar-refractivity contribution is 6.31. The first-order valence-corrected chi connectivity index (χ1v) is 13.0. The summed E-state index contributed by atoms with van der Waals surface area (Å²) in [6, 6.07) is 12.7. The molecule has 4 heterocycles. The number of H-pyrrole nitrogens is 1. The fourth-order valence-electron chi connectivity index (χ4n) is 5.28. The van der Waals surface area contributed by atoms with Crippen molar-refractivity contribution in [1.82, 2.24) is 30.0 Å². The standard InChI is InChI=1S/C27H33ClN6O2/c1-32-10-7-22(8-11-32)33-12-14-34(15-13-33)27(36)25(18-21-4-2-3-9-29-21)31-26(35)24-17-19-16-20(28)5-6-23(19)30-24/h2-6,9,16-17,22,25,30H,7-8,10-15,18H2,1H3,(H,31,35)/t25-/m1/s1. The number of halogens is 1. The van der Waals surface area contributed by atoms with E-state index in [1.807, 2.05) is 35.2 Å². The molecule has 0 unspecified atom stereocenters. The van der Waals surface area contributed by atoms with E-state index >= 15 is 0 Å². The fourth-order valence-corrected chi connectivity index (χ4v) is 5.46. The van der Waals surface area contributed by atoms with E-state index in [9.17, 15) is 9.59 Å². The maximum Gasteiger partial charge on any atom is 0.268 e. The molecule has 0 bridgehead atoms. The maximum atomic E-state index is 13.6. The van der Waals surface area contributed by atoms with Gasteiger partial charge in [-0.15, -0.1) is 0 Å². The summed E-state index contributed by atoms with van der Waals surface area (Å²) in [5, 5.41) is 4.44. The first kappa shape index (κ1) is 24.7. The van der Waals surface area contributed by atoms with Gasteiger partial charge in [-0.05, 0) is 69.4 Å². The van der Waals surface area contributed by atoms with E-state index in [0.29, 0.717) is 36.3 Å². The zero-order valence-electron chi connectivity index (χ0n) is 20.6. The van der Waals surface area contributed by atoms with Gasteiger partial charge >= 0.3 is 0 Å². The number of amides is 2. The van der Waals surface area contributed by atoms with Gasteiger partial charge in [0.2, 0.25) is 5.91 Å². The molecule has 8 nitrogen and oxygen atoms in total. The van der Waals surface area contributed by atoms with Gasteiger partial charge in [0.05, 0.1) is 0 Å². The minimum absolute atomic E-state index is 0.0591. The molecule has 0 aliphatic carbocycles. The molecule has 2 amide bonds. The van der Waals surface area contributed by atoms with Crippen molar-refractivity contribution in [2.24, 2.45) is 0 Å². The van der Waals surface area contributed by atoms with E-state index in [0.717, 1.165) is 42.8 Å². The number of nitrogens with zero attached hydrogens (tertiary/aromatic N) is 4. The average Bonchev–Trinajstić information content (AvgIpc) is 3.32. The lowest BCUT2D eigenvalue weighted by atomic mass is 10.0. The van der Waals surface area contributed by atoms with Crippen LogP contribution in [0.15, 0.2) is 48.7 Å². The lowest BCUT2D eigenvalue weighted by Crippen LogP contribution is -2.58. The molecule has 2 aliphatic heterocycles. The predicted molar refractivity (Wildman–Crippen MR) is 141 cm³/mol. The molecule has 1 atom stereocenters. The van der Waals surface area contributed by atoms with Crippen LogP contribution in [0.3, 0.4) is 0 Å². The molecule has 0 spiro atoms. The number of likely N-dealkylation sites (tertiary alicyclic amines) is 1. The molecule has 2 aliphatic rings. The van der Waals surface area contributed by atoms with Gasteiger partial charge in [0.15, 0.2) is 0 Å². The number of carbonyl (C=O) groups excluding carboxylic acids is 2. The third kappa shape index (κ3) is 5.72. The van der Waals surface area contributed by atoms with Crippen LogP contribution in [0.4, 0.5) is 0 Å². The van der Waals surface area contributed by atoms with Crippen LogP contribution in [0.5, 0.6) is 0 Å². The summed E-state index contributed by atoms with van der Waals surface area (Å²) in [5.74, 6) is -0.377. The SMILES string of the molecule is CN1CCC(N2CCN(C(=O)[C@@H](Cc3ccccn3)NC(=O)c3cc4cc(Cl)ccc4[nH]3)CC2)CC1. The fraction of sp³-hybridized carbons (Fsp3) is 0.444. The van der Waals surface area contributed by atoms with Gasteiger partial charge in [0.25, 0.3) is 5.91 Å². The number of hydrogen-bond acceptors (Lipinski definition) is 5. The summed E-state index contributed by atoms with van der Waals surface area (Å²) in [4.78, 5) is 41.2. The Bertz CT molecular complexity index is 1200. The predicted octanol–water partition coefficient (Wildman–Crippen LogP) is 2.80. The van der Waals surface area contributed by atoms with E-state index < -0.39 is 6.04 Å². The first-order valence-electron chi connectivity index (χ1n) is 12.7. The van der Waals surface area contributed by atoms with Crippen LogP contribution in [0, 0.1) is 0 Å². The highest BCUT2D eigenvalue weighted by Gasteiger charge is 2.32. The van der Waals surface area contributed by atoms with Gasteiger partial charge in [0.1, 0.15) is 11.7 Å². The number of piperazine rings is 1. The number of benzene rings is 1. The van der Waals surface area contributed by atoms with E-state index in [1.165, 1.54) is 12.8 Å². The van der Waals surface area contributed by atoms with Gasteiger partial charge < -0.3 is 20.1 Å². The van der Waals surface area contributed by atoms with Crippen LogP contribution in [0.25, 0.3) is 10.9 Å². The van der Waals surface area contributed by atoms with Crippen LogP contribution in [-0.4, -0.2) is 94.9 Å². The molecule has 1 aromatic carbocycles. The number of rotatable bonds is 6. The van der Waals surface area contributed by atoms with Crippen molar-refractivity contribution in [2.45, 2.75) is 31.3 Å². The molecule has 0 radical (unpaired) electrons. The van der Waals surface area contributed by atoms with Crippen molar-refractivity contribution in [2.75, 3.05) is 46.3 Å². The van der Waals surface area contributed by atoms with Gasteiger partial charge in [-0.3, -0.25) is 19.5 Å². The van der Waals surface area contributed by atoms with Crippen molar-refractivity contribution in [3.63, 3.8) is 0 Å². The molecule has 9 heteroatoms. The minimum atomic E-state index is -0.697. The zero-order chi connectivity index (χ0) is 25.1. The highest BCUT2D eigenvalue weighted by atomic mass is 35.5. The summed E-state index contributed by atoms with van der Waals surface area (Å²) in [5.41, 5.74) is 1.99. The maximum absolute atomic E-state index is 13.6. The lowest BCUT2D eigenvalue weighted by molar-refractivity contribution is -0.135. The number of nitrogens with one attached hydrogen (secondary N) is 2. The number of fused-ring (bicyclic) bond motifs is 1. The highest BCUT2D eigenvalue weighted by Crippen LogP contribution is 2.21. The normalized spacial score (nSPS) is 18.9. The topological polar surface area (TPSA) is 84.6 Å². The van der Waals surface area contributed by atoms with Gasteiger partial charge in [-0.2, -0.15) is 0 Å². The number of hydrogen-bond donors (Lipinski definition) is 2. The molecule has 36 heavy (non-hydrogen) atoms. The Morgan fingerprint density at radius 1 is 1.08 bits per heavy atom. The summed E-state index contributed by atoms with van der Waals surface area (Å²) in [6.07, 6.45) is 4.41. The van der Waals surface area contributed by atoms with Crippen LogP contribution >= 0.6 is 11.6 Å². The summed E-state index contributed by atoms with van der Waals surface area (Å²) in [6.45, 7) is 5.33. The molecular weight excluding hydrogens is 476 g/mol. The second kappa shape index (κ2) is 11.0. The molecule has 2 fully saturated rings. The Balaban J connectivity index is 1.27. The van der Waals surface area contributed by atoms with Gasteiger partial charge in [0, 0.05) is 66.5 Å². The van der Waals surface area contributed by atoms with Crippen LogP contribution in [-0.2, 0) is 11.2 Å². The number of pyridine rings is 1. The quantitative estimate of drug-likeness (QED) is 0.535. The van der Waals surface area contributed by atoms with Crippen molar-refractivity contribution < 1.29 is 9.59 Å². The molecule has 0 saturated carbocycles. The van der Waals surface area contributed by atoms with Crippen molar-refractivity contribution in [3.8, 4) is 0 Å². The number of piperidine rings is 1. The van der Waals surface area contributed by atoms with E-state index in [2.05, 4.69) is 32.1 Å². The number of carbonyl (C=O) groups is 2. The van der Waals surface area contributed by atoms with Crippen molar-refractivity contribution in [3.05, 3.63) is 65.1 Å². The van der Waals surface area contributed by atoms with Gasteiger partial charge in [-0.25, -0.2) is 0 Å². The molecule has 3 aromatic rings. The number of aromatic amines is 1. The molecule has 2 saturated heterocycles. The molecule has 5 rings (SSSR count). The van der Waals surface area contributed by atoms with Crippen molar-refractivity contribution in [1.29, 1.82) is 0 Å². The Labute approximate surface area is 216 Å². The van der Waals surface area contributed by atoms with E-state index in [4.69, 9.17) is 11.6 Å². The summed E-state index contributed by atoms with van der Waals surface area (Å²) < 4.78 is 0. The van der Waals surface area contributed by atoms with E-state index in [1.54, 1.807) is 18.3 Å². The third-order valence-corrected chi connectivity index (χ3v) is 7.64. The summed E-state index contributed by atoms with van der Waals surface area (Å²) >= 11 is 6.10. The van der Waals surface area contributed by atoms with E-state index in [-0.39, 0.29) is 11.8 Å². The molecule has 2 N–H and O–H groups in total. The van der Waals surface area contributed by atoms with Gasteiger partial charge in [-0.1, -0.05) is 17.7 Å². The second-order valence-electron chi connectivity index (χ2n) is 9.86. The van der Waals surface area contributed by atoms with Crippen LogP contribution in [0.1, 0.15) is 29.0 Å². The van der Waals surface area contributed by atoms with Crippen LogP contribution in [0.2, 0.25) is 5.02 Å². The minimum Gasteiger partial charge on any atom is -0.351 e. The third-order valence-electron chi connectivity index (χ3n) is 7.40. The lowest BCUT2D eigenvalue weighted by Gasteiger charge is -2.42. The number of aromatic nitrogens is 2. The average molecular weight is 509 g/mol. The monoisotopic (exact) mass is 508 g/mol. The zero-order valence-corrected chi connectivity index (χ0v) is 21.4. The second-order valence-corrected chi connectivity index (χ2v) is 10.3. The summed E-state index contributed by atoms with van der Waals surface area (Å²) in [7, 11) is 2.17. The Kier molecular flexibility index (Phi) is 7.55. The molecular formula is C27H33ClN6O2. The van der Waals surface area contributed by atoms with Crippen LogP contribution < -0.4 is 5.32 Å².